The summed E-state index contributed by atoms with van der Waals surface area (Å²) >= 11 is 7.05. The summed E-state index contributed by atoms with van der Waals surface area (Å²) in [5.74, 6) is -0.0537. The molecule has 3 aromatic rings. The highest BCUT2D eigenvalue weighted by molar-refractivity contribution is 7.99. The largest absolute Gasteiger partial charge is 0.411 e. The minimum absolute atomic E-state index is 0.128. The van der Waals surface area contributed by atoms with Gasteiger partial charge in [0.05, 0.1) is 5.75 Å². The molecule has 0 N–H and O–H groups in total. The Balaban J connectivity index is 1.65. The normalized spacial score (nSPS) is 10.7. The van der Waals surface area contributed by atoms with E-state index in [1.807, 2.05) is 0 Å². The number of hydrogen-bond acceptors (Lipinski definition) is 5. The average Bonchev–Trinajstić information content (AvgIpc) is 3.02. The van der Waals surface area contributed by atoms with Crippen LogP contribution < -0.4 is 0 Å². The van der Waals surface area contributed by atoms with Crippen molar-refractivity contribution in [3.63, 3.8) is 0 Å². The van der Waals surface area contributed by atoms with Gasteiger partial charge in [-0.3, -0.25) is 4.79 Å². The average molecular weight is 349 g/mol. The van der Waals surface area contributed by atoms with Gasteiger partial charge in [-0.1, -0.05) is 29.4 Å². The van der Waals surface area contributed by atoms with Gasteiger partial charge >= 0.3 is 0 Å². The first kappa shape index (κ1) is 15.7. The molecule has 7 heteroatoms. The first-order valence-electron chi connectivity index (χ1n) is 6.63. The molecule has 0 aliphatic carbocycles. The van der Waals surface area contributed by atoms with Gasteiger partial charge in [-0.05, 0) is 42.5 Å². The Morgan fingerprint density at radius 3 is 2.70 bits per heavy atom. The van der Waals surface area contributed by atoms with Crippen LogP contribution >= 0.6 is 23.4 Å². The zero-order valence-electron chi connectivity index (χ0n) is 11.7. The summed E-state index contributed by atoms with van der Waals surface area (Å²) in [4.78, 5) is 12.0. The molecule has 0 aliphatic heterocycles. The summed E-state index contributed by atoms with van der Waals surface area (Å²) < 4.78 is 18.3. The summed E-state index contributed by atoms with van der Waals surface area (Å²) in [7, 11) is 0. The predicted octanol–water partition coefficient (Wildman–Crippen LogP) is 4.50. The van der Waals surface area contributed by atoms with Crippen molar-refractivity contribution in [3.8, 4) is 11.5 Å². The third-order valence-electron chi connectivity index (χ3n) is 2.97. The van der Waals surface area contributed by atoms with E-state index < -0.39 is 0 Å². The molecular weight excluding hydrogens is 339 g/mol. The van der Waals surface area contributed by atoms with Crippen molar-refractivity contribution < 1.29 is 13.6 Å². The molecule has 0 radical (unpaired) electrons. The molecule has 0 atom stereocenters. The van der Waals surface area contributed by atoms with Crippen LogP contribution in [0.4, 0.5) is 4.39 Å². The van der Waals surface area contributed by atoms with Gasteiger partial charge in [0.2, 0.25) is 5.89 Å². The molecule has 0 aliphatic rings. The van der Waals surface area contributed by atoms with Gasteiger partial charge in [0.25, 0.3) is 5.22 Å². The third kappa shape index (κ3) is 3.97. The lowest BCUT2D eigenvalue weighted by atomic mass is 10.1. The standard InChI is InChI=1S/C16H10ClFN2O2S/c17-12-3-1-2-11(8-12)15-19-20-16(22-15)23-9-14(21)10-4-6-13(18)7-5-10/h1-8H,9H2. The van der Waals surface area contributed by atoms with Crippen molar-refractivity contribution in [2.75, 3.05) is 5.75 Å². The van der Waals surface area contributed by atoms with Crippen LogP contribution in [0.1, 0.15) is 10.4 Å². The van der Waals surface area contributed by atoms with Gasteiger partial charge in [0.15, 0.2) is 5.78 Å². The lowest BCUT2D eigenvalue weighted by Crippen LogP contribution is -2.02. The number of nitrogens with zero attached hydrogens (tertiary/aromatic N) is 2. The second-order valence-electron chi connectivity index (χ2n) is 4.60. The molecule has 4 nitrogen and oxygen atoms in total. The highest BCUT2D eigenvalue weighted by Crippen LogP contribution is 2.25. The van der Waals surface area contributed by atoms with Gasteiger partial charge in [0.1, 0.15) is 5.82 Å². The van der Waals surface area contributed by atoms with Crippen LogP contribution in [0.5, 0.6) is 0 Å². The smallest absolute Gasteiger partial charge is 0.277 e. The minimum atomic E-state index is -0.378. The molecule has 0 unspecified atom stereocenters. The van der Waals surface area contributed by atoms with Crippen LogP contribution in [-0.4, -0.2) is 21.7 Å². The Bertz CT molecular complexity index is 836. The summed E-state index contributed by atoms with van der Waals surface area (Å²) in [6.07, 6.45) is 0. The Hall–Kier alpha value is -2.18. The highest BCUT2D eigenvalue weighted by Gasteiger charge is 2.12. The maximum atomic E-state index is 12.8. The lowest BCUT2D eigenvalue weighted by molar-refractivity contribution is 0.102. The van der Waals surface area contributed by atoms with Crippen LogP contribution in [0.3, 0.4) is 0 Å². The van der Waals surface area contributed by atoms with Gasteiger partial charge in [-0.25, -0.2) is 4.39 Å². The predicted molar refractivity (Wildman–Crippen MR) is 86.2 cm³/mol. The summed E-state index contributed by atoms with van der Waals surface area (Å²) in [6, 6.07) is 12.5. The Morgan fingerprint density at radius 1 is 1.17 bits per heavy atom. The summed E-state index contributed by atoms with van der Waals surface area (Å²) in [5, 5.41) is 8.68. The van der Waals surface area contributed by atoms with E-state index in [1.54, 1.807) is 24.3 Å². The number of hydrogen-bond donors (Lipinski definition) is 0. The Kier molecular flexibility index (Phi) is 4.73. The maximum absolute atomic E-state index is 12.8. The fraction of sp³-hybridized carbons (Fsp3) is 0.0625. The maximum Gasteiger partial charge on any atom is 0.277 e. The molecule has 3 rings (SSSR count). The van der Waals surface area contributed by atoms with Gasteiger partial charge in [0, 0.05) is 16.1 Å². The minimum Gasteiger partial charge on any atom is -0.411 e. The third-order valence-corrected chi connectivity index (χ3v) is 4.02. The fourth-order valence-electron chi connectivity index (χ4n) is 1.85. The van der Waals surface area contributed by atoms with Gasteiger partial charge in [-0.15, -0.1) is 10.2 Å². The first-order chi connectivity index (χ1) is 11.1. The molecule has 0 amide bonds. The number of rotatable bonds is 5. The number of halogens is 2. The number of thioether (sulfide) groups is 1. The van der Waals surface area contributed by atoms with E-state index in [0.717, 1.165) is 11.8 Å². The molecule has 1 aromatic heterocycles. The van der Waals surface area contributed by atoms with Crippen molar-refractivity contribution in [1.82, 2.24) is 10.2 Å². The van der Waals surface area contributed by atoms with Gasteiger partial charge < -0.3 is 4.42 Å². The zero-order valence-corrected chi connectivity index (χ0v) is 13.3. The number of Topliss-reactive ketones (excluding diaryl/α,β-unsaturated/α-hetero) is 1. The van der Waals surface area contributed by atoms with Crippen molar-refractivity contribution >= 4 is 29.1 Å². The first-order valence-corrected chi connectivity index (χ1v) is 7.99. The summed E-state index contributed by atoms with van der Waals surface area (Å²) in [6.45, 7) is 0. The van der Waals surface area contributed by atoms with E-state index in [2.05, 4.69) is 10.2 Å². The molecule has 116 valence electrons. The number of benzene rings is 2. The van der Waals surface area contributed by atoms with E-state index in [4.69, 9.17) is 16.0 Å². The molecule has 0 fully saturated rings. The molecule has 0 bridgehead atoms. The van der Waals surface area contributed by atoms with E-state index in [-0.39, 0.29) is 22.6 Å². The van der Waals surface area contributed by atoms with Crippen LogP contribution in [0.15, 0.2) is 58.2 Å². The fourth-order valence-corrected chi connectivity index (χ4v) is 2.70. The Morgan fingerprint density at radius 2 is 1.96 bits per heavy atom. The molecule has 0 saturated carbocycles. The SMILES string of the molecule is O=C(CSc1nnc(-c2cccc(Cl)c2)o1)c1ccc(F)cc1. The van der Waals surface area contributed by atoms with Crippen molar-refractivity contribution in [3.05, 3.63) is 64.9 Å². The molecule has 0 saturated heterocycles. The number of carbonyl (C=O) groups is 1. The van der Waals surface area contributed by atoms with E-state index >= 15 is 0 Å². The number of aromatic nitrogens is 2. The second kappa shape index (κ2) is 6.93. The Labute approximate surface area is 140 Å². The van der Waals surface area contributed by atoms with Crippen molar-refractivity contribution in [2.24, 2.45) is 0 Å². The molecule has 23 heavy (non-hydrogen) atoms. The van der Waals surface area contributed by atoms with Crippen LogP contribution in [0.25, 0.3) is 11.5 Å². The van der Waals surface area contributed by atoms with E-state index in [0.29, 0.717) is 22.0 Å². The van der Waals surface area contributed by atoms with E-state index in [9.17, 15) is 9.18 Å². The number of carbonyl (C=O) groups excluding carboxylic acids is 1. The van der Waals surface area contributed by atoms with Crippen molar-refractivity contribution in [1.29, 1.82) is 0 Å². The summed E-state index contributed by atoms with van der Waals surface area (Å²) in [5.41, 5.74) is 1.15. The quantitative estimate of drug-likeness (QED) is 0.501. The number of ketones is 1. The second-order valence-corrected chi connectivity index (χ2v) is 5.97. The monoisotopic (exact) mass is 348 g/mol. The van der Waals surface area contributed by atoms with Crippen LogP contribution in [-0.2, 0) is 0 Å². The van der Waals surface area contributed by atoms with Crippen LogP contribution in [0, 0.1) is 5.82 Å². The van der Waals surface area contributed by atoms with Crippen LogP contribution in [0.2, 0.25) is 5.02 Å². The van der Waals surface area contributed by atoms with E-state index in [1.165, 1.54) is 24.3 Å². The topological polar surface area (TPSA) is 56.0 Å². The molecule has 1 heterocycles. The van der Waals surface area contributed by atoms with Crippen molar-refractivity contribution in [2.45, 2.75) is 5.22 Å². The molecule has 0 spiro atoms. The molecule has 2 aromatic carbocycles. The lowest BCUT2D eigenvalue weighted by Gasteiger charge is -1.98. The molecular formula is C16H10ClFN2O2S. The van der Waals surface area contributed by atoms with Gasteiger partial charge in [-0.2, -0.15) is 0 Å². The zero-order chi connectivity index (χ0) is 16.2. The highest BCUT2D eigenvalue weighted by atomic mass is 35.5.